The molecule has 6 nitrogen and oxygen atoms in total. The average molecular weight is 332 g/mol. The lowest BCUT2D eigenvalue weighted by molar-refractivity contribution is -0.404. The minimum atomic E-state index is -3.23. The van der Waals surface area contributed by atoms with Gasteiger partial charge in [0.25, 0.3) is 6.29 Å². The van der Waals surface area contributed by atoms with Gasteiger partial charge in [-0.1, -0.05) is 71.3 Å². The zero-order valence-electron chi connectivity index (χ0n) is 14.2. The SMILES string of the molecule is C=CC(=O)OC(OCCCCCCCCCCCC)C(O)(O)O. The molecule has 0 aromatic heterocycles. The van der Waals surface area contributed by atoms with Gasteiger partial charge >= 0.3 is 11.9 Å². The standard InChI is InChI=1S/C17H32O6/c1-3-5-6-7-8-9-10-11-12-13-14-22-16(17(19,20)21)23-15(18)4-2/h4,16,19-21H,2-3,5-14H2,1H3. The van der Waals surface area contributed by atoms with Crippen LogP contribution < -0.4 is 0 Å². The zero-order chi connectivity index (χ0) is 17.6. The van der Waals surface area contributed by atoms with Crippen molar-refractivity contribution in [3.63, 3.8) is 0 Å². The van der Waals surface area contributed by atoms with Crippen LogP contribution >= 0.6 is 0 Å². The van der Waals surface area contributed by atoms with Crippen molar-refractivity contribution in [2.24, 2.45) is 0 Å². The maximum atomic E-state index is 11.0. The van der Waals surface area contributed by atoms with E-state index in [9.17, 15) is 4.79 Å². The molecule has 0 heterocycles. The molecule has 0 bridgehead atoms. The van der Waals surface area contributed by atoms with Gasteiger partial charge in [0.15, 0.2) is 0 Å². The second-order valence-corrected chi connectivity index (χ2v) is 5.71. The van der Waals surface area contributed by atoms with E-state index in [1.807, 2.05) is 0 Å². The van der Waals surface area contributed by atoms with E-state index in [4.69, 9.17) is 20.1 Å². The summed E-state index contributed by atoms with van der Waals surface area (Å²) in [4.78, 5) is 11.0. The quantitative estimate of drug-likeness (QED) is 0.185. The fourth-order valence-corrected chi connectivity index (χ4v) is 2.16. The maximum absolute atomic E-state index is 11.0. The number of esters is 1. The van der Waals surface area contributed by atoms with E-state index in [2.05, 4.69) is 18.2 Å². The third-order valence-corrected chi connectivity index (χ3v) is 3.47. The fourth-order valence-electron chi connectivity index (χ4n) is 2.16. The highest BCUT2D eigenvalue weighted by Crippen LogP contribution is 2.13. The van der Waals surface area contributed by atoms with Crippen molar-refractivity contribution in [3.8, 4) is 0 Å². The highest BCUT2D eigenvalue weighted by Gasteiger charge is 2.36. The number of aliphatic hydroxyl groups is 3. The first-order valence-corrected chi connectivity index (χ1v) is 8.53. The molecule has 0 aliphatic rings. The molecule has 0 saturated carbocycles. The molecule has 1 unspecified atom stereocenters. The average Bonchev–Trinajstić information content (AvgIpc) is 2.50. The molecule has 0 aromatic carbocycles. The minimum Gasteiger partial charge on any atom is -0.424 e. The normalized spacial score (nSPS) is 12.9. The predicted molar refractivity (Wildman–Crippen MR) is 87.3 cm³/mol. The van der Waals surface area contributed by atoms with Crippen LogP contribution in [0.15, 0.2) is 12.7 Å². The van der Waals surface area contributed by atoms with Gasteiger partial charge in [0.2, 0.25) is 0 Å². The van der Waals surface area contributed by atoms with E-state index < -0.39 is 18.2 Å². The highest BCUT2D eigenvalue weighted by molar-refractivity contribution is 5.81. The minimum absolute atomic E-state index is 0.162. The smallest absolute Gasteiger partial charge is 0.342 e. The molecule has 0 spiro atoms. The molecule has 0 rings (SSSR count). The summed E-state index contributed by atoms with van der Waals surface area (Å²) >= 11 is 0. The Morgan fingerprint density at radius 1 is 1.00 bits per heavy atom. The zero-order valence-corrected chi connectivity index (χ0v) is 14.2. The Balaban J connectivity index is 3.63. The molecule has 0 aromatic rings. The van der Waals surface area contributed by atoms with Gasteiger partial charge < -0.3 is 24.8 Å². The van der Waals surface area contributed by atoms with Crippen LogP contribution in [0.4, 0.5) is 0 Å². The van der Waals surface area contributed by atoms with E-state index in [0.29, 0.717) is 6.42 Å². The van der Waals surface area contributed by atoms with Gasteiger partial charge in [0, 0.05) is 6.08 Å². The van der Waals surface area contributed by atoms with E-state index in [0.717, 1.165) is 18.9 Å². The van der Waals surface area contributed by atoms with Crippen molar-refractivity contribution < 1.29 is 29.6 Å². The summed E-state index contributed by atoms with van der Waals surface area (Å²) in [5.74, 6) is -4.13. The molecule has 1 atom stereocenters. The molecule has 0 fully saturated rings. The number of carbonyl (C=O) groups excluding carboxylic acids is 1. The van der Waals surface area contributed by atoms with Gasteiger partial charge in [0.1, 0.15) is 0 Å². The Hall–Kier alpha value is -0.950. The lowest BCUT2D eigenvalue weighted by Gasteiger charge is -2.25. The fraction of sp³-hybridized carbons (Fsp3) is 0.824. The summed E-state index contributed by atoms with van der Waals surface area (Å²) in [6, 6.07) is 0. The Kier molecular flexibility index (Phi) is 12.9. The molecule has 6 heteroatoms. The first-order valence-electron chi connectivity index (χ1n) is 8.53. The number of hydrogen-bond acceptors (Lipinski definition) is 6. The summed E-state index contributed by atoms with van der Waals surface area (Å²) in [5, 5.41) is 27.2. The van der Waals surface area contributed by atoms with Crippen molar-refractivity contribution in [1.82, 2.24) is 0 Å². The topological polar surface area (TPSA) is 96.2 Å². The third-order valence-electron chi connectivity index (χ3n) is 3.47. The van der Waals surface area contributed by atoms with Crippen molar-refractivity contribution in [2.75, 3.05) is 6.61 Å². The number of ether oxygens (including phenoxy) is 2. The van der Waals surface area contributed by atoms with Crippen LogP contribution in [0.3, 0.4) is 0 Å². The van der Waals surface area contributed by atoms with Gasteiger partial charge in [-0.3, -0.25) is 0 Å². The summed E-state index contributed by atoms with van der Waals surface area (Å²) in [6.07, 6.45) is 10.6. The summed E-state index contributed by atoms with van der Waals surface area (Å²) in [5.41, 5.74) is 0. The molecular weight excluding hydrogens is 300 g/mol. The highest BCUT2D eigenvalue weighted by atomic mass is 16.8. The number of carbonyl (C=O) groups is 1. The van der Waals surface area contributed by atoms with Crippen LogP contribution in [0.1, 0.15) is 71.1 Å². The second-order valence-electron chi connectivity index (χ2n) is 5.71. The van der Waals surface area contributed by atoms with Gasteiger partial charge in [-0.05, 0) is 6.42 Å². The predicted octanol–water partition coefficient (Wildman–Crippen LogP) is 2.61. The third kappa shape index (κ3) is 13.2. The molecule has 0 amide bonds. The van der Waals surface area contributed by atoms with Gasteiger partial charge in [0.05, 0.1) is 6.61 Å². The number of rotatable bonds is 15. The van der Waals surface area contributed by atoms with Crippen molar-refractivity contribution >= 4 is 5.97 Å². The van der Waals surface area contributed by atoms with Crippen LogP contribution in [0.5, 0.6) is 0 Å². The van der Waals surface area contributed by atoms with E-state index in [-0.39, 0.29) is 6.61 Å². The summed E-state index contributed by atoms with van der Waals surface area (Å²) < 4.78 is 9.54. The van der Waals surface area contributed by atoms with Crippen molar-refractivity contribution in [2.45, 2.75) is 83.4 Å². The largest absolute Gasteiger partial charge is 0.424 e. The van der Waals surface area contributed by atoms with Crippen LogP contribution in [-0.2, 0) is 14.3 Å². The number of hydrogen-bond donors (Lipinski definition) is 3. The van der Waals surface area contributed by atoms with Crippen LogP contribution in [-0.4, -0.2) is 40.2 Å². The number of unbranched alkanes of at least 4 members (excludes halogenated alkanes) is 9. The molecule has 0 radical (unpaired) electrons. The lowest BCUT2D eigenvalue weighted by atomic mass is 10.1. The Labute approximate surface area is 139 Å². The first-order chi connectivity index (χ1) is 10.9. The Morgan fingerprint density at radius 3 is 1.91 bits per heavy atom. The molecule has 0 aliphatic carbocycles. The second kappa shape index (κ2) is 13.5. The molecule has 0 aliphatic heterocycles. The van der Waals surface area contributed by atoms with E-state index in [1.54, 1.807) is 0 Å². The van der Waals surface area contributed by atoms with E-state index >= 15 is 0 Å². The Bertz CT molecular complexity index is 311. The lowest BCUT2D eigenvalue weighted by Crippen LogP contribution is -2.46. The maximum Gasteiger partial charge on any atom is 0.342 e. The van der Waals surface area contributed by atoms with Crippen molar-refractivity contribution in [1.29, 1.82) is 0 Å². The van der Waals surface area contributed by atoms with Crippen LogP contribution in [0, 0.1) is 0 Å². The summed E-state index contributed by atoms with van der Waals surface area (Å²) in [6.45, 7) is 5.55. The van der Waals surface area contributed by atoms with Crippen molar-refractivity contribution in [3.05, 3.63) is 12.7 Å². The van der Waals surface area contributed by atoms with Gasteiger partial charge in [-0.15, -0.1) is 0 Å². The summed E-state index contributed by atoms with van der Waals surface area (Å²) in [7, 11) is 0. The van der Waals surface area contributed by atoms with E-state index in [1.165, 1.54) is 44.9 Å². The molecule has 0 saturated heterocycles. The van der Waals surface area contributed by atoms with Crippen LogP contribution in [0.2, 0.25) is 0 Å². The molecule has 23 heavy (non-hydrogen) atoms. The monoisotopic (exact) mass is 332 g/mol. The molecule has 3 N–H and O–H groups in total. The Morgan fingerprint density at radius 2 is 1.48 bits per heavy atom. The van der Waals surface area contributed by atoms with Gasteiger partial charge in [-0.2, -0.15) is 0 Å². The first kappa shape index (κ1) is 22.1. The van der Waals surface area contributed by atoms with Crippen LogP contribution in [0.25, 0.3) is 0 Å². The molecular formula is C17H32O6. The molecule has 136 valence electrons. The van der Waals surface area contributed by atoms with Gasteiger partial charge in [-0.25, -0.2) is 4.79 Å².